The standard InChI is InChI=1S/C20H24N8O3S/c1-14(2)28-18-5-7-21-10-17(18)24-20(28,12-29)25-19-6-8-26(13-22-19)15-9-23-27(11-15)32(30,31)16-3-4-16/h5-12,14,16,24H,3-4,13H2,1-2H3,(H,22,25). The van der Waals surface area contributed by atoms with Crippen LogP contribution in [-0.4, -0.2) is 58.5 Å². The fourth-order valence-corrected chi connectivity index (χ4v) is 5.47. The van der Waals surface area contributed by atoms with Crippen molar-refractivity contribution in [1.29, 1.82) is 0 Å². The summed E-state index contributed by atoms with van der Waals surface area (Å²) in [5.74, 6) is -0.682. The number of nitrogens with zero attached hydrogens (tertiary/aromatic N) is 6. The van der Waals surface area contributed by atoms with Crippen LogP contribution in [0.3, 0.4) is 0 Å². The van der Waals surface area contributed by atoms with Crippen LogP contribution in [0.1, 0.15) is 26.7 Å². The van der Waals surface area contributed by atoms with Gasteiger partial charge in [0.1, 0.15) is 12.5 Å². The highest BCUT2D eigenvalue weighted by atomic mass is 32.2. The molecule has 0 radical (unpaired) electrons. The maximum absolute atomic E-state index is 12.4. The number of nitrogens with one attached hydrogen (secondary N) is 2. The van der Waals surface area contributed by atoms with Crippen LogP contribution in [0.15, 0.2) is 48.1 Å². The number of pyridine rings is 1. The molecule has 1 aliphatic carbocycles. The second kappa shape index (κ2) is 7.33. The molecule has 0 amide bonds. The van der Waals surface area contributed by atoms with Crippen molar-refractivity contribution in [3.63, 3.8) is 0 Å². The van der Waals surface area contributed by atoms with Crippen LogP contribution < -0.4 is 20.4 Å². The van der Waals surface area contributed by atoms with Gasteiger partial charge in [0.25, 0.3) is 10.0 Å². The predicted molar refractivity (Wildman–Crippen MR) is 121 cm³/mol. The molecule has 0 aromatic carbocycles. The normalized spacial score (nSPS) is 22.5. The number of hydrogen-bond donors (Lipinski definition) is 2. The fraction of sp³-hybridized carbons (Fsp3) is 0.400. The summed E-state index contributed by atoms with van der Waals surface area (Å²) < 4.78 is 25.8. The number of fused-ring (bicyclic) bond motifs is 1. The molecule has 32 heavy (non-hydrogen) atoms. The molecule has 4 heterocycles. The molecule has 12 heteroatoms. The first-order chi connectivity index (χ1) is 15.3. The summed E-state index contributed by atoms with van der Waals surface area (Å²) in [4.78, 5) is 24.7. The minimum absolute atomic E-state index is 0.0211. The highest BCUT2D eigenvalue weighted by Crippen LogP contribution is 2.39. The number of hydrogen-bond acceptors (Lipinski definition) is 10. The van der Waals surface area contributed by atoms with Crippen LogP contribution in [0, 0.1) is 0 Å². The van der Waals surface area contributed by atoms with Gasteiger partial charge in [-0.05, 0) is 38.8 Å². The molecule has 0 bridgehead atoms. The van der Waals surface area contributed by atoms with Gasteiger partial charge in [-0.3, -0.25) is 9.78 Å². The lowest BCUT2D eigenvalue weighted by molar-refractivity contribution is -0.112. The monoisotopic (exact) mass is 456 g/mol. The summed E-state index contributed by atoms with van der Waals surface area (Å²) >= 11 is 0. The number of aliphatic imine (C=N–C) groups is 1. The molecule has 1 atom stereocenters. The smallest absolute Gasteiger partial charge is 0.256 e. The van der Waals surface area contributed by atoms with E-state index in [9.17, 15) is 13.2 Å². The number of aromatic nitrogens is 3. The van der Waals surface area contributed by atoms with Gasteiger partial charge in [-0.25, -0.2) is 13.4 Å². The Morgan fingerprint density at radius 2 is 2.12 bits per heavy atom. The Kier molecular flexibility index (Phi) is 4.69. The minimum atomic E-state index is -3.41. The number of carbonyl (C=O) groups is 1. The molecule has 2 aromatic heterocycles. The van der Waals surface area contributed by atoms with E-state index in [4.69, 9.17) is 0 Å². The Morgan fingerprint density at radius 3 is 2.78 bits per heavy atom. The van der Waals surface area contributed by atoms with Gasteiger partial charge in [0.2, 0.25) is 5.79 Å². The van der Waals surface area contributed by atoms with Crippen molar-refractivity contribution in [2.45, 2.75) is 43.8 Å². The second-order valence-corrected chi connectivity index (χ2v) is 10.3. The third-order valence-corrected chi connectivity index (χ3v) is 7.69. The van der Waals surface area contributed by atoms with Crippen molar-refractivity contribution in [2.75, 3.05) is 21.8 Å². The molecular formula is C20H24N8O3S. The van der Waals surface area contributed by atoms with E-state index in [-0.39, 0.29) is 18.0 Å². The molecule has 2 aromatic rings. The van der Waals surface area contributed by atoms with E-state index in [1.165, 1.54) is 12.4 Å². The molecule has 2 N–H and O–H groups in total. The van der Waals surface area contributed by atoms with Gasteiger partial charge >= 0.3 is 0 Å². The number of amidine groups is 1. The summed E-state index contributed by atoms with van der Waals surface area (Å²) in [6.45, 7) is 4.26. The first-order valence-electron chi connectivity index (χ1n) is 10.4. The molecule has 3 aliphatic rings. The molecule has 1 saturated carbocycles. The first kappa shape index (κ1) is 20.5. The Bertz CT molecular complexity index is 1220. The van der Waals surface area contributed by atoms with Crippen molar-refractivity contribution >= 4 is 39.2 Å². The van der Waals surface area contributed by atoms with Crippen LogP contribution >= 0.6 is 0 Å². The summed E-state index contributed by atoms with van der Waals surface area (Å²) in [6, 6.07) is 1.89. The van der Waals surface area contributed by atoms with Gasteiger partial charge in [-0.2, -0.15) is 9.19 Å². The van der Waals surface area contributed by atoms with Gasteiger partial charge in [0.15, 0.2) is 6.29 Å². The maximum atomic E-state index is 12.4. The molecule has 0 saturated heterocycles. The van der Waals surface area contributed by atoms with Crippen molar-refractivity contribution in [3.05, 3.63) is 43.1 Å². The average Bonchev–Trinajstić information content (AvgIpc) is 3.43. The minimum Gasteiger partial charge on any atom is -0.337 e. The fourth-order valence-electron chi connectivity index (χ4n) is 4.00. The van der Waals surface area contributed by atoms with Gasteiger partial charge < -0.3 is 20.4 Å². The van der Waals surface area contributed by atoms with Crippen LogP contribution in [0.2, 0.25) is 0 Å². The van der Waals surface area contributed by atoms with Crippen molar-refractivity contribution < 1.29 is 13.2 Å². The molecule has 5 rings (SSSR count). The quantitative estimate of drug-likeness (QED) is 0.615. The van der Waals surface area contributed by atoms with E-state index in [2.05, 4.69) is 25.7 Å². The predicted octanol–water partition coefficient (Wildman–Crippen LogP) is 1.09. The molecule has 1 fully saturated rings. The zero-order chi connectivity index (χ0) is 22.5. The molecular weight excluding hydrogens is 432 g/mol. The van der Waals surface area contributed by atoms with E-state index in [0.717, 1.165) is 21.7 Å². The van der Waals surface area contributed by atoms with Crippen molar-refractivity contribution in [2.24, 2.45) is 4.99 Å². The Balaban J connectivity index is 1.33. The lowest BCUT2D eigenvalue weighted by Gasteiger charge is -2.39. The number of carbonyl (C=O) groups excluding carboxylic acids is 1. The van der Waals surface area contributed by atoms with Crippen molar-refractivity contribution in [3.8, 4) is 0 Å². The number of anilines is 3. The Hall–Kier alpha value is -3.41. The lowest BCUT2D eigenvalue weighted by Crippen LogP contribution is -2.66. The first-order valence-corrected chi connectivity index (χ1v) is 11.9. The van der Waals surface area contributed by atoms with Crippen molar-refractivity contribution in [1.82, 2.24) is 19.5 Å². The third kappa shape index (κ3) is 3.30. The summed E-state index contributed by atoms with van der Waals surface area (Å²) in [5, 5.41) is 10.1. The maximum Gasteiger partial charge on any atom is 0.256 e. The van der Waals surface area contributed by atoms with Gasteiger partial charge in [-0.15, -0.1) is 0 Å². The topological polar surface area (TPSA) is 125 Å². The molecule has 1 unspecified atom stereocenters. The zero-order valence-corrected chi connectivity index (χ0v) is 18.5. The summed E-state index contributed by atoms with van der Waals surface area (Å²) in [5.41, 5.74) is 2.26. The van der Waals surface area contributed by atoms with E-state index in [1.54, 1.807) is 29.6 Å². The second-order valence-electron chi connectivity index (χ2n) is 8.28. The van der Waals surface area contributed by atoms with Crippen LogP contribution in [0.25, 0.3) is 0 Å². The Morgan fingerprint density at radius 1 is 1.31 bits per heavy atom. The summed E-state index contributed by atoms with van der Waals surface area (Å²) in [7, 11) is -3.41. The van der Waals surface area contributed by atoms with Crippen LogP contribution in [0.5, 0.6) is 0 Å². The van der Waals surface area contributed by atoms with E-state index in [1.807, 2.05) is 24.8 Å². The Labute approximate surface area is 185 Å². The highest BCUT2D eigenvalue weighted by Gasteiger charge is 2.46. The van der Waals surface area contributed by atoms with Gasteiger partial charge in [0, 0.05) is 18.4 Å². The van der Waals surface area contributed by atoms with Crippen LogP contribution in [-0.2, 0) is 14.8 Å². The summed E-state index contributed by atoms with van der Waals surface area (Å²) in [6.07, 6.45) is 12.1. The van der Waals surface area contributed by atoms with Crippen LogP contribution in [0.4, 0.5) is 17.1 Å². The molecule has 11 nitrogen and oxygen atoms in total. The number of aldehydes is 1. The highest BCUT2D eigenvalue weighted by molar-refractivity contribution is 7.90. The van der Waals surface area contributed by atoms with E-state index >= 15 is 0 Å². The largest absolute Gasteiger partial charge is 0.337 e. The lowest BCUT2D eigenvalue weighted by atomic mass is 10.2. The zero-order valence-electron chi connectivity index (χ0n) is 17.7. The van der Waals surface area contributed by atoms with E-state index < -0.39 is 15.8 Å². The molecule has 2 aliphatic heterocycles. The SMILES string of the molecule is CC(C)N1c2ccncc2NC1(C=O)NC1=NCN(c2cnn(S(=O)(=O)C3CC3)c2)C=C1. The van der Waals surface area contributed by atoms with E-state index in [0.29, 0.717) is 24.4 Å². The van der Waals surface area contributed by atoms with Gasteiger partial charge in [-0.1, -0.05) is 0 Å². The number of rotatable bonds is 6. The third-order valence-electron chi connectivity index (χ3n) is 5.66. The average molecular weight is 457 g/mol. The van der Waals surface area contributed by atoms with Gasteiger partial charge in [0.05, 0.1) is 40.9 Å². The molecule has 168 valence electrons. The molecule has 0 spiro atoms.